The number of benzene rings is 1. The SMILES string of the molecule is COc1ccc(OCc2nnc(SCc3nnsc3Cl)n2C)cc1. The first-order chi connectivity index (χ1) is 11.7. The molecule has 0 saturated heterocycles. The Labute approximate surface area is 152 Å². The van der Waals surface area contributed by atoms with Gasteiger partial charge in [0.2, 0.25) is 0 Å². The number of hydrogen-bond acceptors (Lipinski definition) is 8. The zero-order chi connectivity index (χ0) is 16.9. The molecule has 10 heteroatoms. The van der Waals surface area contributed by atoms with Crippen molar-refractivity contribution in [2.24, 2.45) is 7.05 Å². The van der Waals surface area contributed by atoms with Crippen LogP contribution in [0.25, 0.3) is 0 Å². The number of hydrogen-bond donors (Lipinski definition) is 0. The van der Waals surface area contributed by atoms with E-state index in [1.807, 2.05) is 35.9 Å². The molecule has 1 aromatic carbocycles. The van der Waals surface area contributed by atoms with Crippen LogP contribution < -0.4 is 9.47 Å². The van der Waals surface area contributed by atoms with E-state index >= 15 is 0 Å². The lowest BCUT2D eigenvalue weighted by molar-refractivity contribution is 0.290. The van der Waals surface area contributed by atoms with Crippen molar-refractivity contribution in [2.75, 3.05) is 7.11 Å². The largest absolute Gasteiger partial charge is 0.497 e. The average Bonchev–Trinajstić information content (AvgIpc) is 3.17. The number of halogens is 1. The van der Waals surface area contributed by atoms with Crippen LogP contribution in [0, 0.1) is 0 Å². The molecule has 0 aliphatic carbocycles. The monoisotopic (exact) mass is 383 g/mol. The molecule has 3 aromatic rings. The quantitative estimate of drug-likeness (QED) is 0.580. The Hall–Kier alpha value is -1.84. The number of thioether (sulfide) groups is 1. The van der Waals surface area contributed by atoms with Gasteiger partial charge in [0.05, 0.1) is 7.11 Å². The molecule has 0 radical (unpaired) electrons. The van der Waals surface area contributed by atoms with Gasteiger partial charge in [0.1, 0.15) is 28.1 Å². The zero-order valence-corrected chi connectivity index (χ0v) is 15.4. The van der Waals surface area contributed by atoms with Crippen LogP contribution in [0.4, 0.5) is 0 Å². The van der Waals surface area contributed by atoms with E-state index in [9.17, 15) is 0 Å². The Morgan fingerprint density at radius 3 is 2.58 bits per heavy atom. The lowest BCUT2D eigenvalue weighted by atomic mass is 10.3. The van der Waals surface area contributed by atoms with Crippen molar-refractivity contribution in [1.82, 2.24) is 24.4 Å². The number of aromatic nitrogens is 5. The van der Waals surface area contributed by atoms with Gasteiger partial charge in [0.15, 0.2) is 11.0 Å². The summed E-state index contributed by atoms with van der Waals surface area (Å²) < 4.78 is 17.1. The molecule has 0 atom stereocenters. The van der Waals surface area contributed by atoms with Crippen LogP contribution >= 0.6 is 34.9 Å². The number of ether oxygens (including phenoxy) is 2. The van der Waals surface area contributed by atoms with Crippen molar-refractivity contribution >= 4 is 34.9 Å². The topological polar surface area (TPSA) is 75.0 Å². The molecule has 0 amide bonds. The Kier molecular flexibility index (Phi) is 5.54. The summed E-state index contributed by atoms with van der Waals surface area (Å²) in [5, 5.41) is 13.1. The van der Waals surface area contributed by atoms with Crippen molar-refractivity contribution in [2.45, 2.75) is 17.5 Å². The summed E-state index contributed by atoms with van der Waals surface area (Å²) in [6.07, 6.45) is 0. The van der Waals surface area contributed by atoms with Crippen LogP contribution in [0.15, 0.2) is 29.4 Å². The minimum Gasteiger partial charge on any atom is -0.497 e. The molecule has 0 aliphatic rings. The lowest BCUT2D eigenvalue weighted by Crippen LogP contribution is -2.04. The third-order valence-electron chi connectivity index (χ3n) is 3.20. The molecule has 0 fully saturated rings. The Morgan fingerprint density at radius 1 is 1.17 bits per heavy atom. The van der Waals surface area contributed by atoms with Crippen LogP contribution in [-0.4, -0.2) is 31.5 Å². The van der Waals surface area contributed by atoms with Gasteiger partial charge in [0.25, 0.3) is 0 Å². The summed E-state index contributed by atoms with van der Waals surface area (Å²) in [6.45, 7) is 0.329. The molecule has 2 heterocycles. The number of methoxy groups -OCH3 is 1. The lowest BCUT2D eigenvalue weighted by Gasteiger charge is -2.07. The maximum Gasteiger partial charge on any atom is 0.191 e. The minimum absolute atomic E-state index is 0.329. The van der Waals surface area contributed by atoms with E-state index in [4.69, 9.17) is 21.1 Å². The first kappa shape index (κ1) is 17.0. The highest BCUT2D eigenvalue weighted by Crippen LogP contribution is 2.26. The van der Waals surface area contributed by atoms with Gasteiger partial charge in [-0.05, 0) is 24.3 Å². The van der Waals surface area contributed by atoms with Crippen molar-refractivity contribution in [1.29, 1.82) is 0 Å². The van der Waals surface area contributed by atoms with Gasteiger partial charge in [-0.2, -0.15) is 0 Å². The first-order valence-corrected chi connectivity index (χ1v) is 9.05. The summed E-state index contributed by atoms with van der Waals surface area (Å²) in [5.74, 6) is 2.86. The summed E-state index contributed by atoms with van der Waals surface area (Å²) in [7, 11) is 3.53. The van der Waals surface area contributed by atoms with Gasteiger partial charge in [0, 0.05) is 24.3 Å². The van der Waals surface area contributed by atoms with Crippen LogP contribution in [-0.2, 0) is 19.4 Å². The second-order valence-corrected chi connectivity index (χ2v) is 7.00. The normalized spacial score (nSPS) is 10.8. The van der Waals surface area contributed by atoms with E-state index in [-0.39, 0.29) is 0 Å². The van der Waals surface area contributed by atoms with E-state index in [0.717, 1.165) is 28.2 Å². The van der Waals surface area contributed by atoms with Crippen molar-refractivity contribution in [3.05, 3.63) is 40.1 Å². The van der Waals surface area contributed by atoms with Crippen LogP contribution in [0.3, 0.4) is 0 Å². The van der Waals surface area contributed by atoms with Gasteiger partial charge in [-0.15, -0.1) is 15.3 Å². The highest BCUT2D eigenvalue weighted by molar-refractivity contribution is 7.98. The summed E-state index contributed by atoms with van der Waals surface area (Å²) in [5.41, 5.74) is 0.755. The molecular formula is C14H14ClN5O2S2. The molecule has 0 unspecified atom stereocenters. The molecule has 3 rings (SSSR count). The molecule has 2 aromatic heterocycles. The molecule has 126 valence electrons. The fraction of sp³-hybridized carbons (Fsp3) is 0.286. The second kappa shape index (κ2) is 7.82. The average molecular weight is 384 g/mol. The van der Waals surface area contributed by atoms with Gasteiger partial charge in [-0.1, -0.05) is 27.9 Å². The minimum atomic E-state index is 0.329. The predicted octanol–water partition coefficient (Wildman–Crippen LogP) is 3.20. The third kappa shape index (κ3) is 3.97. The zero-order valence-electron chi connectivity index (χ0n) is 13.0. The summed E-state index contributed by atoms with van der Waals surface area (Å²) in [6, 6.07) is 7.39. The van der Waals surface area contributed by atoms with Gasteiger partial charge in [-0.25, -0.2) is 0 Å². The van der Waals surface area contributed by atoms with Gasteiger partial charge in [-0.3, -0.25) is 0 Å². The maximum absolute atomic E-state index is 6.00. The van der Waals surface area contributed by atoms with Crippen molar-refractivity contribution < 1.29 is 9.47 Å². The van der Waals surface area contributed by atoms with Crippen LogP contribution in [0.5, 0.6) is 11.5 Å². The maximum atomic E-state index is 6.00. The fourth-order valence-corrected chi connectivity index (χ4v) is 3.50. The third-order valence-corrected chi connectivity index (χ3v) is 5.22. The molecule has 24 heavy (non-hydrogen) atoms. The molecule has 0 bridgehead atoms. The standard InChI is InChI=1S/C14H14ClN5O2S2/c1-20-12(7-22-10-5-3-9(21-2)4-6-10)17-18-14(20)23-8-11-13(15)24-19-16-11/h3-6H,7-8H2,1-2H3. The van der Waals surface area contributed by atoms with E-state index in [0.29, 0.717) is 16.7 Å². The fourth-order valence-electron chi connectivity index (χ4n) is 1.83. The second-order valence-electron chi connectivity index (χ2n) is 4.70. The molecule has 0 aliphatic heterocycles. The van der Waals surface area contributed by atoms with E-state index in [1.165, 1.54) is 23.3 Å². The van der Waals surface area contributed by atoms with E-state index in [1.54, 1.807) is 7.11 Å². The Balaban J connectivity index is 1.58. The molecule has 0 saturated carbocycles. The predicted molar refractivity (Wildman–Crippen MR) is 92.8 cm³/mol. The molecule has 0 spiro atoms. The molecule has 0 N–H and O–H groups in total. The highest BCUT2D eigenvalue weighted by atomic mass is 35.5. The highest BCUT2D eigenvalue weighted by Gasteiger charge is 2.12. The summed E-state index contributed by atoms with van der Waals surface area (Å²) in [4.78, 5) is 0. The summed E-state index contributed by atoms with van der Waals surface area (Å²) >= 11 is 8.68. The number of rotatable bonds is 7. The van der Waals surface area contributed by atoms with Gasteiger partial charge >= 0.3 is 0 Å². The Morgan fingerprint density at radius 2 is 1.92 bits per heavy atom. The molecule has 7 nitrogen and oxygen atoms in total. The number of nitrogens with zero attached hydrogens (tertiary/aromatic N) is 5. The van der Waals surface area contributed by atoms with Crippen molar-refractivity contribution in [3.8, 4) is 11.5 Å². The molecular weight excluding hydrogens is 370 g/mol. The van der Waals surface area contributed by atoms with Crippen LogP contribution in [0.2, 0.25) is 4.34 Å². The van der Waals surface area contributed by atoms with E-state index < -0.39 is 0 Å². The Bertz CT molecular complexity index is 806. The van der Waals surface area contributed by atoms with E-state index in [2.05, 4.69) is 19.8 Å². The van der Waals surface area contributed by atoms with Crippen molar-refractivity contribution in [3.63, 3.8) is 0 Å². The first-order valence-electron chi connectivity index (χ1n) is 6.92. The van der Waals surface area contributed by atoms with Crippen LogP contribution in [0.1, 0.15) is 11.5 Å². The smallest absolute Gasteiger partial charge is 0.191 e. The van der Waals surface area contributed by atoms with Gasteiger partial charge < -0.3 is 14.0 Å².